The monoisotopic (exact) mass is 650 g/mol. The van der Waals surface area contributed by atoms with Crippen LogP contribution < -0.4 is 0 Å². The van der Waals surface area contributed by atoms with Gasteiger partial charge in [0.25, 0.3) is 0 Å². The summed E-state index contributed by atoms with van der Waals surface area (Å²) in [5, 5.41) is 6.72. The van der Waals surface area contributed by atoms with Gasteiger partial charge >= 0.3 is 0 Å². The first-order valence-corrected chi connectivity index (χ1v) is 17.2. The van der Waals surface area contributed by atoms with Gasteiger partial charge in [0.2, 0.25) is 0 Å². The van der Waals surface area contributed by atoms with Crippen molar-refractivity contribution < 1.29 is 4.42 Å². The van der Waals surface area contributed by atoms with Gasteiger partial charge in [0.1, 0.15) is 11.2 Å². The second-order valence-electron chi connectivity index (χ2n) is 12.9. The Labute approximate surface area is 295 Å². The molecule has 0 atom stereocenters. The fourth-order valence-electron chi connectivity index (χ4n) is 7.43. The molecule has 0 saturated heterocycles. The molecule has 0 bridgehead atoms. The fraction of sp³-hybridized carbons (Fsp3) is 0. The van der Waals surface area contributed by atoms with E-state index < -0.39 is 0 Å². The Bertz CT molecular complexity index is 2840. The Morgan fingerprint density at radius 3 is 1.47 bits per heavy atom. The lowest BCUT2D eigenvalue weighted by Crippen LogP contribution is -1.97. The van der Waals surface area contributed by atoms with Crippen molar-refractivity contribution in [3.8, 4) is 56.2 Å². The van der Waals surface area contributed by atoms with Crippen LogP contribution in [0.3, 0.4) is 0 Å². The summed E-state index contributed by atoms with van der Waals surface area (Å²) in [6, 6.07) is 63.8. The van der Waals surface area contributed by atoms with E-state index in [1.165, 1.54) is 21.9 Å². The highest BCUT2D eigenvalue weighted by Gasteiger charge is 2.21. The lowest BCUT2D eigenvalue weighted by molar-refractivity contribution is 0.673. The first kappa shape index (κ1) is 29.1. The molecule has 3 heteroatoms. The van der Waals surface area contributed by atoms with E-state index in [0.29, 0.717) is 5.82 Å². The molecule has 238 valence electrons. The van der Waals surface area contributed by atoms with Crippen molar-refractivity contribution in [3.05, 3.63) is 182 Å². The Hall–Kier alpha value is -6.84. The molecule has 8 aromatic carbocycles. The van der Waals surface area contributed by atoms with Gasteiger partial charge in [-0.1, -0.05) is 158 Å². The van der Waals surface area contributed by atoms with E-state index in [-0.39, 0.29) is 0 Å². The molecule has 0 amide bonds. The van der Waals surface area contributed by atoms with E-state index in [2.05, 4.69) is 146 Å². The average molecular weight is 651 g/mol. The average Bonchev–Trinajstić information content (AvgIpc) is 3.60. The van der Waals surface area contributed by atoms with Crippen LogP contribution in [0.2, 0.25) is 0 Å². The smallest absolute Gasteiger partial charge is 0.164 e. The predicted molar refractivity (Wildman–Crippen MR) is 212 cm³/mol. The van der Waals surface area contributed by atoms with Crippen LogP contribution in [0.4, 0.5) is 0 Å². The van der Waals surface area contributed by atoms with Crippen LogP contribution >= 0.6 is 0 Å². The molecule has 0 N–H and O–H groups in total. The summed E-state index contributed by atoms with van der Waals surface area (Å²) < 4.78 is 6.92. The van der Waals surface area contributed by atoms with Gasteiger partial charge in [0, 0.05) is 27.3 Å². The van der Waals surface area contributed by atoms with Crippen molar-refractivity contribution in [2.45, 2.75) is 0 Å². The summed E-state index contributed by atoms with van der Waals surface area (Å²) in [5.74, 6) is 0.621. The van der Waals surface area contributed by atoms with Crippen molar-refractivity contribution in [2.75, 3.05) is 0 Å². The molecule has 0 aliphatic heterocycles. The Morgan fingerprint density at radius 2 is 0.843 bits per heavy atom. The van der Waals surface area contributed by atoms with Gasteiger partial charge in [-0.05, 0) is 62.7 Å². The summed E-state index contributed by atoms with van der Waals surface area (Å²) in [5.41, 5.74) is 10.9. The number of hydrogen-bond donors (Lipinski definition) is 0. The Balaban J connectivity index is 1.29. The zero-order chi connectivity index (χ0) is 33.7. The molecule has 0 fully saturated rings. The molecule has 10 rings (SSSR count). The summed E-state index contributed by atoms with van der Waals surface area (Å²) >= 11 is 0. The second-order valence-corrected chi connectivity index (χ2v) is 12.9. The number of benzene rings is 8. The first-order chi connectivity index (χ1) is 25.3. The maximum Gasteiger partial charge on any atom is 0.164 e. The fourth-order valence-corrected chi connectivity index (χ4v) is 7.43. The molecule has 0 aliphatic rings. The zero-order valence-electron chi connectivity index (χ0n) is 27.6. The van der Waals surface area contributed by atoms with Gasteiger partial charge in [-0.2, -0.15) is 0 Å². The minimum Gasteiger partial charge on any atom is -0.455 e. The normalized spacial score (nSPS) is 11.5. The lowest BCUT2D eigenvalue weighted by Gasteiger charge is -2.14. The molecule has 0 saturated carbocycles. The molecule has 0 radical (unpaired) electrons. The summed E-state index contributed by atoms with van der Waals surface area (Å²) in [4.78, 5) is 10.5. The van der Waals surface area contributed by atoms with E-state index in [1.54, 1.807) is 0 Å². The third kappa shape index (κ3) is 4.98. The van der Waals surface area contributed by atoms with Crippen molar-refractivity contribution in [1.82, 2.24) is 9.97 Å². The summed E-state index contributed by atoms with van der Waals surface area (Å²) in [7, 11) is 0. The van der Waals surface area contributed by atoms with E-state index in [1.807, 2.05) is 36.4 Å². The Kier molecular flexibility index (Phi) is 6.81. The van der Waals surface area contributed by atoms with Gasteiger partial charge in [0.15, 0.2) is 5.82 Å². The maximum absolute atomic E-state index is 6.92. The minimum atomic E-state index is 0.621. The third-order valence-electron chi connectivity index (χ3n) is 9.89. The number of aromatic nitrogens is 2. The summed E-state index contributed by atoms with van der Waals surface area (Å²) in [6.45, 7) is 0. The van der Waals surface area contributed by atoms with Crippen molar-refractivity contribution in [2.24, 2.45) is 0 Å². The number of fused-ring (bicyclic) bond motifs is 6. The third-order valence-corrected chi connectivity index (χ3v) is 9.89. The van der Waals surface area contributed by atoms with Crippen LogP contribution in [0.5, 0.6) is 0 Å². The van der Waals surface area contributed by atoms with Crippen LogP contribution in [-0.2, 0) is 0 Å². The molecule has 0 spiro atoms. The standard InChI is InChI=1S/C48H30N2O/c1-4-14-31(15-5-1)36-26-27-37(40-23-13-12-22-39(36)40)35-28-42-41-25-24-32-16-10-11-21-38(32)46(41)51-47(42)43(29-35)48-49-44(33-17-6-2-7-18-33)30-45(50-48)34-19-8-3-9-20-34/h1-30H. The molecule has 2 heterocycles. The van der Waals surface area contributed by atoms with Crippen LogP contribution in [0.25, 0.3) is 99.6 Å². The van der Waals surface area contributed by atoms with Crippen LogP contribution in [0.1, 0.15) is 0 Å². The maximum atomic E-state index is 6.92. The van der Waals surface area contributed by atoms with Crippen molar-refractivity contribution >= 4 is 43.5 Å². The first-order valence-electron chi connectivity index (χ1n) is 17.2. The van der Waals surface area contributed by atoms with Crippen LogP contribution in [0, 0.1) is 0 Å². The summed E-state index contributed by atoms with van der Waals surface area (Å²) in [6.07, 6.45) is 0. The lowest BCUT2D eigenvalue weighted by atomic mass is 9.90. The van der Waals surface area contributed by atoms with E-state index in [0.717, 1.165) is 71.9 Å². The van der Waals surface area contributed by atoms with Crippen molar-refractivity contribution in [3.63, 3.8) is 0 Å². The van der Waals surface area contributed by atoms with Crippen LogP contribution in [0.15, 0.2) is 186 Å². The predicted octanol–water partition coefficient (Wildman–Crippen LogP) is 13.0. The molecule has 0 aliphatic carbocycles. The quantitative estimate of drug-likeness (QED) is 0.186. The molecule has 51 heavy (non-hydrogen) atoms. The molecular weight excluding hydrogens is 621 g/mol. The van der Waals surface area contributed by atoms with Gasteiger partial charge in [-0.15, -0.1) is 0 Å². The molecule has 10 aromatic rings. The molecule has 3 nitrogen and oxygen atoms in total. The second kappa shape index (κ2) is 11.9. The largest absolute Gasteiger partial charge is 0.455 e. The zero-order valence-corrected chi connectivity index (χ0v) is 27.6. The molecular formula is C48H30N2O. The minimum absolute atomic E-state index is 0.621. The molecule has 2 aromatic heterocycles. The van der Waals surface area contributed by atoms with Crippen molar-refractivity contribution in [1.29, 1.82) is 0 Å². The number of rotatable bonds is 5. The highest BCUT2D eigenvalue weighted by atomic mass is 16.3. The number of furan rings is 1. The molecule has 0 unspecified atom stereocenters. The van der Waals surface area contributed by atoms with Gasteiger partial charge in [0.05, 0.1) is 17.0 Å². The number of hydrogen-bond acceptors (Lipinski definition) is 3. The van der Waals surface area contributed by atoms with E-state index in [4.69, 9.17) is 14.4 Å². The highest BCUT2D eigenvalue weighted by molar-refractivity contribution is 6.18. The van der Waals surface area contributed by atoms with Crippen LogP contribution in [-0.4, -0.2) is 9.97 Å². The Morgan fingerprint density at radius 1 is 0.314 bits per heavy atom. The van der Waals surface area contributed by atoms with Gasteiger partial charge in [-0.3, -0.25) is 0 Å². The van der Waals surface area contributed by atoms with E-state index in [9.17, 15) is 0 Å². The van der Waals surface area contributed by atoms with E-state index >= 15 is 0 Å². The SMILES string of the molecule is c1ccc(-c2cc(-c3ccccc3)nc(-c3cc(-c4ccc(-c5ccccc5)c5ccccc45)cc4c3oc3c5ccccc5ccc43)n2)cc1. The highest BCUT2D eigenvalue weighted by Crippen LogP contribution is 2.44. The van der Waals surface area contributed by atoms with Gasteiger partial charge < -0.3 is 4.42 Å². The number of nitrogens with zero attached hydrogens (tertiary/aromatic N) is 2. The van der Waals surface area contributed by atoms with Gasteiger partial charge in [-0.25, -0.2) is 9.97 Å². The topological polar surface area (TPSA) is 38.9 Å².